The lowest BCUT2D eigenvalue weighted by Crippen LogP contribution is -2.34. The van der Waals surface area contributed by atoms with E-state index >= 15 is 0 Å². The third kappa shape index (κ3) is 16.7. The molecular formula is C32H56N2O7P+. The molecule has 0 aliphatic rings. The van der Waals surface area contributed by atoms with Crippen molar-refractivity contribution >= 4 is 7.82 Å². The topological polar surface area (TPSA) is 114 Å². The largest absolute Gasteiger partial charge is 0.494 e. The molecule has 2 unspecified atom stereocenters. The summed E-state index contributed by atoms with van der Waals surface area (Å²) in [6, 6.07) is 7.60. The van der Waals surface area contributed by atoms with E-state index in [9.17, 15) is 19.7 Å². The molecule has 2 aromatic heterocycles. The van der Waals surface area contributed by atoms with Crippen molar-refractivity contribution in [2.75, 3.05) is 26.4 Å². The van der Waals surface area contributed by atoms with E-state index in [1.54, 1.807) is 0 Å². The summed E-state index contributed by atoms with van der Waals surface area (Å²) in [5.74, 6) is -0.359. The van der Waals surface area contributed by atoms with Crippen molar-refractivity contribution in [1.82, 2.24) is 4.57 Å². The lowest BCUT2D eigenvalue weighted by molar-refractivity contribution is -0.697. The molecule has 0 aromatic carbocycles. The van der Waals surface area contributed by atoms with Gasteiger partial charge in [0.05, 0.1) is 19.3 Å². The standard InChI is InChI=1S/C32H55N2O7P/c1-2-3-4-5-6-7-8-9-10-11-12-13-14-15-16-20-26-39-28-30(34-31(35)21-22-32(34)36)29-41-42(37,38)40-27-25-33-23-18-17-19-24-33/h17-19,21-24,30H,2-16,20,25-29H2,1H3,(H2-,35,36,37,38)/p+1. The van der Waals surface area contributed by atoms with Crippen LogP contribution in [0, 0.1) is 0 Å². The van der Waals surface area contributed by atoms with Crippen molar-refractivity contribution in [3.05, 3.63) is 42.7 Å². The van der Waals surface area contributed by atoms with Crippen molar-refractivity contribution in [2.45, 2.75) is 122 Å². The van der Waals surface area contributed by atoms with Crippen LogP contribution in [0.5, 0.6) is 11.8 Å². The van der Waals surface area contributed by atoms with Crippen LogP contribution in [0.4, 0.5) is 0 Å². The third-order valence-corrected chi connectivity index (χ3v) is 8.49. The normalized spacial score (nSPS) is 13.8. The minimum absolute atomic E-state index is 0.0110. The number of phosphoric acid groups is 1. The summed E-state index contributed by atoms with van der Waals surface area (Å²) in [5.41, 5.74) is 0. The van der Waals surface area contributed by atoms with Crippen molar-refractivity contribution in [3.63, 3.8) is 0 Å². The van der Waals surface area contributed by atoms with E-state index < -0.39 is 13.9 Å². The Morgan fingerprint density at radius 1 is 0.714 bits per heavy atom. The first-order valence-electron chi connectivity index (χ1n) is 16.2. The van der Waals surface area contributed by atoms with Gasteiger partial charge in [-0.2, -0.15) is 0 Å². The molecule has 0 aliphatic carbocycles. The van der Waals surface area contributed by atoms with E-state index in [0.29, 0.717) is 13.2 Å². The average Bonchev–Trinajstić information content (AvgIpc) is 3.31. The molecule has 0 aliphatic heterocycles. The van der Waals surface area contributed by atoms with Crippen molar-refractivity contribution in [1.29, 1.82) is 0 Å². The van der Waals surface area contributed by atoms with Gasteiger partial charge in [0, 0.05) is 30.9 Å². The third-order valence-electron chi connectivity index (χ3n) is 7.50. The van der Waals surface area contributed by atoms with Gasteiger partial charge < -0.3 is 19.8 Å². The van der Waals surface area contributed by atoms with Gasteiger partial charge in [-0.15, -0.1) is 0 Å². The second kappa shape index (κ2) is 22.6. The molecule has 10 heteroatoms. The molecule has 0 bridgehead atoms. The van der Waals surface area contributed by atoms with E-state index in [2.05, 4.69) is 6.92 Å². The lowest BCUT2D eigenvalue weighted by Gasteiger charge is -2.22. The summed E-state index contributed by atoms with van der Waals surface area (Å²) < 4.78 is 31.6. The van der Waals surface area contributed by atoms with E-state index in [0.717, 1.165) is 12.8 Å². The highest BCUT2D eigenvalue weighted by Crippen LogP contribution is 2.44. The van der Waals surface area contributed by atoms with Crippen LogP contribution in [0.15, 0.2) is 42.7 Å². The maximum absolute atomic E-state index is 12.4. The van der Waals surface area contributed by atoms with E-state index in [-0.39, 0.29) is 31.6 Å². The van der Waals surface area contributed by atoms with Crippen LogP contribution < -0.4 is 4.57 Å². The number of hydrogen-bond acceptors (Lipinski definition) is 6. The number of phosphoric ester groups is 1. The van der Waals surface area contributed by atoms with Crippen molar-refractivity contribution in [3.8, 4) is 11.8 Å². The Morgan fingerprint density at radius 2 is 1.21 bits per heavy atom. The number of aromatic hydroxyl groups is 2. The number of ether oxygens (including phenoxy) is 1. The Kier molecular flexibility index (Phi) is 19.5. The maximum Gasteiger partial charge on any atom is 0.472 e. The van der Waals surface area contributed by atoms with Crippen LogP contribution >= 0.6 is 7.82 Å². The number of nitrogens with zero attached hydrogens (tertiary/aromatic N) is 2. The number of aromatic nitrogens is 2. The number of pyridine rings is 1. The highest BCUT2D eigenvalue weighted by molar-refractivity contribution is 7.47. The lowest BCUT2D eigenvalue weighted by atomic mass is 10.0. The highest BCUT2D eigenvalue weighted by Gasteiger charge is 2.26. The van der Waals surface area contributed by atoms with Crippen LogP contribution in [0.25, 0.3) is 0 Å². The Bertz CT molecular complexity index is 954. The van der Waals surface area contributed by atoms with Gasteiger partial charge >= 0.3 is 7.82 Å². The van der Waals surface area contributed by atoms with Crippen molar-refractivity contribution in [2.24, 2.45) is 0 Å². The van der Waals surface area contributed by atoms with Gasteiger partial charge in [0.2, 0.25) is 0 Å². The molecule has 9 nitrogen and oxygen atoms in total. The van der Waals surface area contributed by atoms with Gasteiger partial charge in [0.25, 0.3) is 0 Å². The summed E-state index contributed by atoms with van der Waals surface area (Å²) in [6.07, 6.45) is 24.5. The Morgan fingerprint density at radius 3 is 1.74 bits per heavy atom. The molecule has 0 amide bonds. The Balaban J connectivity index is 1.55. The molecule has 2 heterocycles. The fourth-order valence-electron chi connectivity index (χ4n) is 5.03. The first-order chi connectivity index (χ1) is 20.4. The smallest absolute Gasteiger partial charge is 0.472 e. The molecule has 0 radical (unpaired) electrons. The van der Waals surface area contributed by atoms with Crippen LogP contribution in [0.2, 0.25) is 0 Å². The van der Waals surface area contributed by atoms with Crippen LogP contribution in [0.3, 0.4) is 0 Å². The van der Waals surface area contributed by atoms with Gasteiger partial charge in [0.1, 0.15) is 6.61 Å². The second-order valence-corrected chi connectivity index (χ2v) is 12.6. The van der Waals surface area contributed by atoms with Crippen molar-refractivity contribution < 1.29 is 38.0 Å². The molecule has 42 heavy (non-hydrogen) atoms. The van der Waals surface area contributed by atoms with Gasteiger partial charge in [-0.05, 0) is 6.42 Å². The van der Waals surface area contributed by atoms with Gasteiger partial charge in [-0.1, -0.05) is 109 Å². The summed E-state index contributed by atoms with van der Waals surface area (Å²) in [6.45, 7) is 3.00. The molecule has 0 spiro atoms. The van der Waals surface area contributed by atoms with Crippen LogP contribution in [0.1, 0.15) is 116 Å². The molecule has 2 rings (SSSR count). The van der Waals surface area contributed by atoms with E-state index in [1.165, 1.54) is 107 Å². The molecule has 2 aromatic rings. The van der Waals surface area contributed by atoms with Crippen LogP contribution in [-0.2, 0) is 24.9 Å². The summed E-state index contributed by atoms with van der Waals surface area (Å²) in [5, 5.41) is 20.4. The van der Waals surface area contributed by atoms with Gasteiger partial charge in [-0.3, -0.25) is 13.6 Å². The molecule has 2 atom stereocenters. The van der Waals surface area contributed by atoms with Gasteiger partial charge in [0.15, 0.2) is 30.7 Å². The zero-order chi connectivity index (χ0) is 30.3. The van der Waals surface area contributed by atoms with Gasteiger partial charge in [-0.25, -0.2) is 9.13 Å². The molecule has 240 valence electrons. The highest BCUT2D eigenvalue weighted by atomic mass is 31.2. The molecule has 0 fully saturated rings. The van der Waals surface area contributed by atoms with E-state index in [4.69, 9.17) is 13.8 Å². The predicted molar refractivity (Wildman–Crippen MR) is 166 cm³/mol. The molecule has 0 saturated heterocycles. The summed E-state index contributed by atoms with van der Waals surface area (Å²) in [7, 11) is -4.34. The minimum Gasteiger partial charge on any atom is -0.494 e. The fourth-order valence-corrected chi connectivity index (χ4v) is 5.78. The number of rotatable bonds is 27. The zero-order valence-electron chi connectivity index (χ0n) is 25.8. The first kappa shape index (κ1) is 36.3. The minimum atomic E-state index is -4.34. The Labute approximate surface area is 253 Å². The maximum atomic E-state index is 12.4. The quantitative estimate of drug-likeness (QED) is 0.0536. The fraction of sp³-hybridized carbons (Fsp3) is 0.719. The SMILES string of the molecule is CCCCCCCCCCCCCCCCCCOCC(COP(=O)(O)OCC[n+]1ccccc1)n1c(O)ccc1O. The zero-order valence-corrected chi connectivity index (χ0v) is 26.7. The number of unbranched alkanes of at least 4 members (excludes halogenated alkanes) is 15. The Hall–Kier alpha value is -1.90. The molecule has 0 saturated carbocycles. The van der Waals surface area contributed by atoms with E-state index in [1.807, 2.05) is 35.2 Å². The summed E-state index contributed by atoms with van der Waals surface area (Å²) in [4.78, 5) is 10.1. The first-order valence-corrected chi connectivity index (χ1v) is 17.7. The average molecular weight is 612 g/mol. The molecule has 3 N–H and O–H groups in total. The molecular weight excluding hydrogens is 555 g/mol. The summed E-state index contributed by atoms with van der Waals surface area (Å²) >= 11 is 0. The number of hydrogen-bond donors (Lipinski definition) is 3. The second-order valence-electron chi connectivity index (χ2n) is 11.2. The monoisotopic (exact) mass is 611 g/mol. The predicted octanol–water partition coefficient (Wildman–Crippen LogP) is 7.84. The van der Waals surface area contributed by atoms with Crippen LogP contribution in [-0.4, -0.2) is 46.1 Å².